The number of hydrogen-bond acceptors (Lipinski definition) is 6. The Morgan fingerprint density at radius 2 is 2.09 bits per heavy atom. The average Bonchev–Trinajstić information content (AvgIpc) is 2.88. The molecule has 7 nitrogen and oxygen atoms in total. The van der Waals surface area contributed by atoms with Crippen LogP contribution in [-0.2, 0) is 16.1 Å². The van der Waals surface area contributed by atoms with Gasteiger partial charge in [-0.3, -0.25) is 15.0 Å². The molecule has 0 aliphatic heterocycles. The molecule has 0 atom stereocenters. The molecule has 0 radical (unpaired) electrons. The summed E-state index contributed by atoms with van der Waals surface area (Å²) in [6.45, 7) is 4.89. The van der Waals surface area contributed by atoms with Crippen LogP contribution in [-0.4, -0.2) is 41.6 Å². The third-order valence-corrected chi connectivity index (χ3v) is 3.03. The van der Waals surface area contributed by atoms with Gasteiger partial charge in [0.2, 0.25) is 11.8 Å². The van der Waals surface area contributed by atoms with E-state index in [4.69, 9.17) is 4.42 Å². The molecule has 0 aliphatic carbocycles. The van der Waals surface area contributed by atoms with Crippen molar-refractivity contribution in [3.63, 3.8) is 0 Å². The second-order valence-electron chi connectivity index (χ2n) is 4.65. The zero-order valence-corrected chi connectivity index (χ0v) is 12.7. The first-order chi connectivity index (χ1) is 10.6. The second-order valence-corrected chi connectivity index (χ2v) is 4.65. The quantitative estimate of drug-likeness (QED) is 0.877. The molecule has 1 aromatic heterocycles. The van der Waals surface area contributed by atoms with E-state index in [0.29, 0.717) is 24.6 Å². The largest absolute Gasteiger partial charge is 0.450 e. The van der Waals surface area contributed by atoms with Gasteiger partial charge < -0.3 is 9.15 Å². The van der Waals surface area contributed by atoms with E-state index in [0.717, 1.165) is 5.52 Å². The van der Waals surface area contributed by atoms with Gasteiger partial charge in [-0.1, -0.05) is 19.1 Å². The van der Waals surface area contributed by atoms with Gasteiger partial charge >= 0.3 is 6.09 Å². The topological polar surface area (TPSA) is 84.7 Å². The number of para-hydroxylation sites is 2. The standard InChI is InChI=1S/C15H19N3O4/c1-3-18(9-13(19)17-15(20)21-4-2)10-14-16-11-7-5-6-8-12(11)22-14/h5-8H,3-4,9-10H2,1-2H3,(H,17,19,20). The molecule has 1 heterocycles. The second kappa shape index (κ2) is 7.56. The van der Waals surface area contributed by atoms with Gasteiger partial charge in [0.1, 0.15) is 5.52 Å². The van der Waals surface area contributed by atoms with Gasteiger partial charge in [0, 0.05) is 0 Å². The van der Waals surface area contributed by atoms with Crippen molar-refractivity contribution in [3.8, 4) is 0 Å². The molecule has 7 heteroatoms. The highest BCUT2D eigenvalue weighted by atomic mass is 16.5. The first-order valence-corrected chi connectivity index (χ1v) is 7.15. The number of nitrogens with zero attached hydrogens (tertiary/aromatic N) is 2. The summed E-state index contributed by atoms with van der Waals surface area (Å²) < 4.78 is 10.3. The van der Waals surface area contributed by atoms with E-state index in [1.165, 1.54) is 0 Å². The Bertz CT molecular complexity index is 620. The van der Waals surface area contributed by atoms with Crippen LogP contribution in [0.4, 0.5) is 4.79 Å². The van der Waals surface area contributed by atoms with E-state index in [-0.39, 0.29) is 13.2 Å². The Morgan fingerprint density at radius 1 is 1.32 bits per heavy atom. The SMILES string of the molecule is CCOC(=O)NC(=O)CN(CC)Cc1nc2ccccc2o1. The van der Waals surface area contributed by atoms with Gasteiger partial charge in [-0.15, -0.1) is 0 Å². The van der Waals surface area contributed by atoms with Crippen molar-refractivity contribution in [2.24, 2.45) is 0 Å². The van der Waals surface area contributed by atoms with Crippen LogP contribution in [0.25, 0.3) is 11.1 Å². The van der Waals surface area contributed by atoms with Gasteiger partial charge in [-0.25, -0.2) is 9.78 Å². The number of fused-ring (bicyclic) bond motifs is 1. The van der Waals surface area contributed by atoms with Gasteiger partial charge in [0.15, 0.2) is 5.58 Å². The molecule has 0 bridgehead atoms. The van der Waals surface area contributed by atoms with Crippen molar-refractivity contribution in [3.05, 3.63) is 30.2 Å². The molecule has 0 spiro atoms. The lowest BCUT2D eigenvalue weighted by Crippen LogP contribution is -2.40. The molecule has 1 N–H and O–H groups in total. The number of likely N-dealkylation sites (N-methyl/N-ethyl adjacent to an activating group) is 1. The maximum absolute atomic E-state index is 11.8. The first kappa shape index (κ1) is 16.0. The fraction of sp³-hybridized carbons (Fsp3) is 0.400. The summed E-state index contributed by atoms with van der Waals surface area (Å²) in [6.07, 6.45) is -0.731. The Labute approximate surface area is 128 Å². The lowest BCUT2D eigenvalue weighted by molar-refractivity contribution is -0.121. The molecule has 118 valence electrons. The highest BCUT2D eigenvalue weighted by Crippen LogP contribution is 2.15. The smallest absolute Gasteiger partial charge is 0.413 e. The van der Waals surface area contributed by atoms with Crippen molar-refractivity contribution in [1.29, 1.82) is 0 Å². The van der Waals surface area contributed by atoms with Crippen LogP contribution < -0.4 is 5.32 Å². The van der Waals surface area contributed by atoms with Gasteiger partial charge in [-0.05, 0) is 25.6 Å². The van der Waals surface area contributed by atoms with Crippen LogP contribution in [0.1, 0.15) is 19.7 Å². The van der Waals surface area contributed by atoms with Gasteiger partial charge in [-0.2, -0.15) is 0 Å². The number of alkyl carbamates (subject to hydrolysis) is 1. The van der Waals surface area contributed by atoms with Crippen LogP contribution in [0.3, 0.4) is 0 Å². The maximum atomic E-state index is 11.8. The first-order valence-electron chi connectivity index (χ1n) is 7.15. The minimum Gasteiger partial charge on any atom is -0.450 e. The van der Waals surface area contributed by atoms with Crippen molar-refractivity contribution in [1.82, 2.24) is 15.2 Å². The fourth-order valence-electron chi connectivity index (χ4n) is 1.98. The lowest BCUT2D eigenvalue weighted by Gasteiger charge is -2.17. The van der Waals surface area contributed by atoms with E-state index in [1.54, 1.807) is 6.92 Å². The average molecular weight is 305 g/mol. The number of carbonyl (C=O) groups is 2. The molecule has 0 saturated carbocycles. The van der Waals surface area contributed by atoms with Crippen molar-refractivity contribution in [2.45, 2.75) is 20.4 Å². The number of hydrogen-bond donors (Lipinski definition) is 1. The summed E-state index contributed by atoms with van der Waals surface area (Å²) in [5.41, 5.74) is 1.49. The number of aromatic nitrogens is 1. The Morgan fingerprint density at radius 3 is 2.77 bits per heavy atom. The zero-order chi connectivity index (χ0) is 15.9. The third-order valence-electron chi connectivity index (χ3n) is 3.03. The predicted octanol–water partition coefficient (Wildman–Crippen LogP) is 1.92. The molecular formula is C15H19N3O4. The van der Waals surface area contributed by atoms with E-state index >= 15 is 0 Å². The monoisotopic (exact) mass is 305 g/mol. The highest BCUT2D eigenvalue weighted by molar-refractivity contribution is 5.92. The van der Waals surface area contributed by atoms with E-state index in [1.807, 2.05) is 36.1 Å². The molecule has 0 aliphatic rings. The maximum Gasteiger partial charge on any atom is 0.413 e. The number of oxazole rings is 1. The number of rotatable bonds is 6. The molecule has 2 aromatic rings. The van der Waals surface area contributed by atoms with E-state index in [9.17, 15) is 9.59 Å². The lowest BCUT2D eigenvalue weighted by atomic mass is 10.3. The van der Waals surface area contributed by atoms with Gasteiger partial charge in [0.05, 0.1) is 19.7 Å². The molecule has 2 amide bonds. The molecular weight excluding hydrogens is 286 g/mol. The summed E-state index contributed by atoms with van der Waals surface area (Å²) >= 11 is 0. The number of benzene rings is 1. The Kier molecular flexibility index (Phi) is 5.48. The number of nitrogens with one attached hydrogen (secondary N) is 1. The van der Waals surface area contributed by atoms with Crippen LogP contribution >= 0.6 is 0 Å². The van der Waals surface area contributed by atoms with E-state index in [2.05, 4.69) is 15.0 Å². The number of imide groups is 1. The molecule has 0 saturated heterocycles. The Balaban J connectivity index is 1.94. The van der Waals surface area contributed by atoms with Crippen molar-refractivity contribution < 1.29 is 18.7 Å². The van der Waals surface area contributed by atoms with Crippen molar-refractivity contribution in [2.75, 3.05) is 19.7 Å². The Hall–Kier alpha value is -2.41. The summed E-state index contributed by atoms with van der Waals surface area (Å²) in [5, 5.41) is 2.17. The number of carbonyl (C=O) groups excluding carboxylic acids is 2. The van der Waals surface area contributed by atoms with Crippen molar-refractivity contribution >= 4 is 23.1 Å². The zero-order valence-electron chi connectivity index (χ0n) is 12.7. The predicted molar refractivity (Wildman–Crippen MR) is 80.1 cm³/mol. The fourth-order valence-corrected chi connectivity index (χ4v) is 1.98. The number of amides is 2. The van der Waals surface area contributed by atoms with Crippen LogP contribution in [0.15, 0.2) is 28.7 Å². The molecule has 22 heavy (non-hydrogen) atoms. The minimum atomic E-state index is -0.731. The molecule has 1 aromatic carbocycles. The van der Waals surface area contributed by atoms with E-state index < -0.39 is 12.0 Å². The highest BCUT2D eigenvalue weighted by Gasteiger charge is 2.15. The number of ether oxygens (including phenoxy) is 1. The van der Waals surface area contributed by atoms with Crippen LogP contribution in [0.5, 0.6) is 0 Å². The summed E-state index contributed by atoms with van der Waals surface area (Å²) in [4.78, 5) is 29.1. The van der Waals surface area contributed by atoms with Crippen LogP contribution in [0, 0.1) is 0 Å². The minimum absolute atomic E-state index is 0.0635. The molecule has 0 unspecified atom stereocenters. The van der Waals surface area contributed by atoms with Crippen LogP contribution in [0.2, 0.25) is 0 Å². The third kappa shape index (κ3) is 4.29. The normalized spacial score (nSPS) is 10.9. The molecule has 2 rings (SSSR count). The summed E-state index contributed by atoms with van der Waals surface area (Å²) in [6, 6.07) is 7.47. The van der Waals surface area contributed by atoms with Gasteiger partial charge in [0.25, 0.3) is 0 Å². The summed E-state index contributed by atoms with van der Waals surface area (Å²) in [5.74, 6) is 0.114. The summed E-state index contributed by atoms with van der Waals surface area (Å²) in [7, 11) is 0. The molecule has 0 fully saturated rings.